The van der Waals surface area contributed by atoms with Crippen molar-refractivity contribution in [1.29, 1.82) is 0 Å². The summed E-state index contributed by atoms with van der Waals surface area (Å²) < 4.78 is 11.2. The molecule has 54 heavy (non-hydrogen) atoms. The number of hydrogen-bond acceptors (Lipinski definition) is 4. The van der Waals surface area contributed by atoms with Gasteiger partial charge in [-0.25, -0.2) is 0 Å². The van der Waals surface area contributed by atoms with E-state index in [1.165, 1.54) is 141 Å². The molecule has 0 saturated heterocycles. The number of rotatable bonds is 43. The van der Waals surface area contributed by atoms with E-state index in [9.17, 15) is 9.90 Å². The Hall–Kier alpha value is -1.91. The molecule has 0 fully saturated rings. The molecule has 0 aliphatic carbocycles. The predicted molar refractivity (Wildman–Crippen MR) is 237 cm³/mol. The van der Waals surface area contributed by atoms with Crippen LogP contribution in [0.5, 0.6) is 0 Å². The standard InChI is InChI=1S/C50H90O4/c1-3-5-7-9-11-13-15-17-19-21-23-24-25-26-28-30-32-34-36-38-40-42-44-46-53-48-49(47-51)54-50(52)45-43-41-39-37-35-33-31-29-27-22-20-18-16-14-12-10-8-6-4-2/h6,8,12,14,18,20,27,29,33,35,49,51H,3-5,7,9-11,13,15-17,19,21-26,28,30-32,34,36-48H2,1-2H3/b8-6-,14-12-,20-18-,29-27-,35-33-. The second kappa shape index (κ2) is 47.2. The number of unbranched alkanes of at least 4 members (excludes halogenated alkanes) is 25. The van der Waals surface area contributed by atoms with Crippen LogP contribution in [-0.2, 0) is 14.3 Å². The molecule has 0 heterocycles. The maximum Gasteiger partial charge on any atom is 0.306 e. The van der Waals surface area contributed by atoms with Crippen LogP contribution in [0.25, 0.3) is 0 Å². The van der Waals surface area contributed by atoms with Crippen LogP contribution >= 0.6 is 0 Å². The highest BCUT2D eigenvalue weighted by molar-refractivity contribution is 5.69. The summed E-state index contributed by atoms with van der Waals surface area (Å²) in [6.45, 7) is 5.22. The van der Waals surface area contributed by atoms with E-state index in [1.54, 1.807) is 0 Å². The largest absolute Gasteiger partial charge is 0.457 e. The lowest BCUT2D eigenvalue weighted by Gasteiger charge is -2.15. The predicted octanol–water partition coefficient (Wildman–Crippen LogP) is 15.6. The molecule has 0 aromatic rings. The molecule has 0 radical (unpaired) electrons. The Labute approximate surface area is 336 Å². The first-order valence-corrected chi connectivity index (χ1v) is 23.4. The number of carbonyl (C=O) groups excluding carboxylic acids is 1. The average Bonchev–Trinajstić information content (AvgIpc) is 3.18. The summed E-state index contributed by atoms with van der Waals surface area (Å²) in [6.07, 6.45) is 63.0. The van der Waals surface area contributed by atoms with Crippen molar-refractivity contribution in [1.82, 2.24) is 0 Å². The minimum absolute atomic E-state index is 0.185. The van der Waals surface area contributed by atoms with Crippen molar-refractivity contribution in [3.05, 3.63) is 60.8 Å². The van der Waals surface area contributed by atoms with Gasteiger partial charge < -0.3 is 14.6 Å². The first-order chi connectivity index (χ1) is 26.7. The summed E-state index contributed by atoms with van der Waals surface area (Å²) >= 11 is 0. The molecule has 0 aliphatic heterocycles. The van der Waals surface area contributed by atoms with Gasteiger partial charge in [0.15, 0.2) is 0 Å². The molecule has 1 atom stereocenters. The second-order valence-electron chi connectivity index (χ2n) is 15.5. The zero-order valence-corrected chi connectivity index (χ0v) is 36.0. The van der Waals surface area contributed by atoms with Gasteiger partial charge in [0.05, 0.1) is 13.2 Å². The molecule has 0 aromatic carbocycles. The zero-order chi connectivity index (χ0) is 39.1. The molecule has 0 spiro atoms. The molecule has 314 valence electrons. The summed E-state index contributed by atoms with van der Waals surface area (Å²) in [6, 6.07) is 0. The summed E-state index contributed by atoms with van der Waals surface area (Å²) in [7, 11) is 0. The first-order valence-electron chi connectivity index (χ1n) is 23.4. The van der Waals surface area contributed by atoms with Crippen molar-refractivity contribution in [2.45, 2.75) is 232 Å². The van der Waals surface area contributed by atoms with Crippen LogP contribution in [0, 0.1) is 0 Å². The quantitative estimate of drug-likeness (QED) is 0.0383. The van der Waals surface area contributed by atoms with E-state index in [4.69, 9.17) is 9.47 Å². The lowest BCUT2D eigenvalue weighted by molar-refractivity contribution is -0.154. The van der Waals surface area contributed by atoms with E-state index in [0.717, 1.165) is 64.2 Å². The Kier molecular flexibility index (Phi) is 45.6. The summed E-state index contributed by atoms with van der Waals surface area (Å²) in [5.41, 5.74) is 0. The van der Waals surface area contributed by atoms with Gasteiger partial charge >= 0.3 is 5.97 Å². The van der Waals surface area contributed by atoms with Crippen molar-refractivity contribution < 1.29 is 19.4 Å². The van der Waals surface area contributed by atoms with Crippen LogP contribution in [0.4, 0.5) is 0 Å². The van der Waals surface area contributed by atoms with Crippen LogP contribution in [-0.4, -0.2) is 37.0 Å². The third-order valence-corrected chi connectivity index (χ3v) is 10.1. The van der Waals surface area contributed by atoms with Gasteiger partial charge in [0.2, 0.25) is 0 Å². The Morgan fingerprint density at radius 2 is 0.833 bits per heavy atom. The maximum absolute atomic E-state index is 12.2. The van der Waals surface area contributed by atoms with Crippen LogP contribution in [0.15, 0.2) is 60.8 Å². The molecular formula is C50H90O4. The van der Waals surface area contributed by atoms with E-state index >= 15 is 0 Å². The maximum atomic E-state index is 12.2. The third kappa shape index (κ3) is 44.5. The van der Waals surface area contributed by atoms with Gasteiger partial charge in [-0.3, -0.25) is 4.79 Å². The molecule has 4 heteroatoms. The monoisotopic (exact) mass is 755 g/mol. The highest BCUT2D eigenvalue weighted by atomic mass is 16.6. The number of aliphatic hydroxyl groups is 1. The minimum atomic E-state index is -0.552. The molecule has 4 nitrogen and oxygen atoms in total. The number of allylic oxidation sites excluding steroid dienone is 10. The van der Waals surface area contributed by atoms with Crippen molar-refractivity contribution in [3.8, 4) is 0 Å². The molecule has 0 saturated carbocycles. The number of ether oxygens (including phenoxy) is 2. The summed E-state index contributed by atoms with van der Waals surface area (Å²) in [5.74, 6) is -0.230. The van der Waals surface area contributed by atoms with Gasteiger partial charge in [-0.05, 0) is 57.8 Å². The lowest BCUT2D eigenvalue weighted by atomic mass is 10.0. The normalized spacial score (nSPS) is 12.9. The van der Waals surface area contributed by atoms with Gasteiger partial charge in [0, 0.05) is 13.0 Å². The van der Waals surface area contributed by atoms with E-state index in [-0.39, 0.29) is 19.2 Å². The Bertz CT molecular complexity index is 885. The van der Waals surface area contributed by atoms with Gasteiger partial charge in [0.1, 0.15) is 6.10 Å². The third-order valence-electron chi connectivity index (χ3n) is 10.1. The Balaban J connectivity index is 3.45. The van der Waals surface area contributed by atoms with E-state index in [1.807, 2.05) is 0 Å². The fourth-order valence-corrected chi connectivity index (χ4v) is 6.65. The van der Waals surface area contributed by atoms with Crippen LogP contribution in [0.2, 0.25) is 0 Å². The zero-order valence-electron chi connectivity index (χ0n) is 36.0. The summed E-state index contributed by atoms with van der Waals surface area (Å²) in [5, 5.41) is 9.62. The smallest absolute Gasteiger partial charge is 0.306 e. The molecule has 1 unspecified atom stereocenters. The molecular weight excluding hydrogens is 665 g/mol. The van der Waals surface area contributed by atoms with Gasteiger partial charge in [-0.2, -0.15) is 0 Å². The topological polar surface area (TPSA) is 55.8 Å². The van der Waals surface area contributed by atoms with Gasteiger partial charge in [-0.15, -0.1) is 0 Å². The minimum Gasteiger partial charge on any atom is -0.457 e. The molecule has 0 rings (SSSR count). The Morgan fingerprint density at radius 1 is 0.463 bits per heavy atom. The highest BCUT2D eigenvalue weighted by Gasteiger charge is 2.13. The fraction of sp³-hybridized carbons (Fsp3) is 0.780. The van der Waals surface area contributed by atoms with Crippen molar-refractivity contribution in [2.75, 3.05) is 19.8 Å². The van der Waals surface area contributed by atoms with Crippen molar-refractivity contribution in [3.63, 3.8) is 0 Å². The molecule has 1 N–H and O–H groups in total. The van der Waals surface area contributed by atoms with Crippen LogP contribution in [0.3, 0.4) is 0 Å². The van der Waals surface area contributed by atoms with Crippen molar-refractivity contribution >= 4 is 5.97 Å². The van der Waals surface area contributed by atoms with E-state index in [2.05, 4.69) is 74.6 Å². The van der Waals surface area contributed by atoms with E-state index < -0.39 is 6.10 Å². The van der Waals surface area contributed by atoms with Gasteiger partial charge in [0.25, 0.3) is 0 Å². The first kappa shape index (κ1) is 52.1. The molecule has 0 aliphatic rings. The molecule has 0 bridgehead atoms. The second-order valence-corrected chi connectivity index (χ2v) is 15.5. The lowest BCUT2D eigenvalue weighted by Crippen LogP contribution is -2.27. The molecule has 0 aromatic heterocycles. The van der Waals surface area contributed by atoms with E-state index in [0.29, 0.717) is 13.0 Å². The highest BCUT2D eigenvalue weighted by Crippen LogP contribution is 2.16. The number of esters is 1. The number of hydrogen-bond donors (Lipinski definition) is 1. The molecule has 0 amide bonds. The van der Waals surface area contributed by atoms with Crippen molar-refractivity contribution in [2.24, 2.45) is 0 Å². The SMILES string of the molecule is CC/C=C\C/C=C\C/C=C\C/C=C\C/C=C\CCCCCC(=O)OC(CO)COCCCCCCCCCCCCCCCCCCCCCCCCC. The summed E-state index contributed by atoms with van der Waals surface area (Å²) in [4.78, 5) is 12.2. The fourth-order valence-electron chi connectivity index (χ4n) is 6.65. The van der Waals surface area contributed by atoms with Gasteiger partial charge in [-0.1, -0.05) is 222 Å². The number of aliphatic hydroxyl groups excluding tert-OH is 1. The number of carbonyl (C=O) groups is 1. The van der Waals surface area contributed by atoms with Crippen LogP contribution < -0.4 is 0 Å². The Morgan fingerprint density at radius 3 is 1.24 bits per heavy atom. The van der Waals surface area contributed by atoms with Crippen LogP contribution in [0.1, 0.15) is 226 Å². The average molecular weight is 755 g/mol.